The molecule has 1 aromatic carbocycles. The van der Waals surface area contributed by atoms with Crippen LogP contribution < -0.4 is 15.2 Å². The van der Waals surface area contributed by atoms with Gasteiger partial charge in [0.25, 0.3) is 17.2 Å². The van der Waals surface area contributed by atoms with Crippen LogP contribution in [0.5, 0.6) is 5.75 Å². The summed E-state index contributed by atoms with van der Waals surface area (Å²) in [6.45, 7) is 6.71. The predicted molar refractivity (Wildman–Crippen MR) is 129 cm³/mol. The van der Waals surface area contributed by atoms with Gasteiger partial charge < -0.3 is 4.74 Å². The van der Waals surface area contributed by atoms with E-state index in [9.17, 15) is 9.59 Å². The fourth-order valence-corrected chi connectivity index (χ4v) is 4.29. The van der Waals surface area contributed by atoms with E-state index in [1.807, 2.05) is 49.6 Å². The van der Waals surface area contributed by atoms with Gasteiger partial charge in [-0.1, -0.05) is 31.5 Å². The molecule has 8 nitrogen and oxygen atoms in total. The van der Waals surface area contributed by atoms with Gasteiger partial charge in [0.15, 0.2) is 0 Å². The van der Waals surface area contributed by atoms with Crippen molar-refractivity contribution in [2.24, 2.45) is 0 Å². The van der Waals surface area contributed by atoms with Gasteiger partial charge in [0.2, 0.25) is 5.95 Å². The fraction of sp³-hybridized carbons (Fsp3) is 0.333. The molecule has 1 amide bonds. The number of hydrogen-bond donors (Lipinski definition) is 1. The Balaban J connectivity index is 1.74. The lowest BCUT2D eigenvalue weighted by Gasteiger charge is -2.19. The highest BCUT2D eigenvalue weighted by Gasteiger charge is 2.24. The van der Waals surface area contributed by atoms with Crippen LogP contribution in [0.1, 0.15) is 53.2 Å². The molecule has 0 saturated heterocycles. The van der Waals surface area contributed by atoms with Gasteiger partial charge in [0, 0.05) is 5.56 Å². The number of ether oxygens (including phenoxy) is 1. The van der Waals surface area contributed by atoms with Crippen LogP contribution in [0.2, 0.25) is 0 Å². The Labute approximate surface area is 195 Å². The molecule has 0 spiro atoms. The molecule has 0 radical (unpaired) electrons. The van der Waals surface area contributed by atoms with Gasteiger partial charge in [-0.05, 0) is 55.8 Å². The van der Waals surface area contributed by atoms with E-state index < -0.39 is 0 Å². The van der Waals surface area contributed by atoms with Crippen LogP contribution in [0.3, 0.4) is 0 Å². The van der Waals surface area contributed by atoms with Gasteiger partial charge in [-0.15, -0.1) is 11.3 Å². The smallest absolute Gasteiger partial charge is 0.277 e. The number of aromatic amines is 1. The molecule has 1 N–H and O–H groups in total. The number of amides is 1. The number of carbonyl (C=O) groups excluding carboxylic acids is 1. The van der Waals surface area contributed by atoms with E-state index in [2.05, 4.69) is 22.0 Å². The monoisotopic (exact) mass is 465 g/mol. The molecule has 0 fully saturated rings. The molecule has 33 heavy (non-hydrogen) atoms. The van der Waals surface area contributed by atoms with Crippen molar-refractivity contribution in [3.05, 3.63) is 73.8 Å². The minimum absolute atomic E-state index is 0.172. The minimum Gasteiger partial charge on any atom is -0.494 e. The second-order valence-corrected chi connectivity index (χ2v) is 8.66. The van der Waals surface area contributed by atoms with E-state index >= 15 is 0 Å². The topological polar surface area (TPSA) is 92.6 Å². The second-order valence-electron chi connectivity index (χ2n) is 7.71. The lowest BCUT2D eigenvalue weighted by molar-refractivity contribution is 0.0987. The summed E-state index contributed by atoms with van der Waals surface area (Å²) in [4.78, 5) is 37.6. The summed E-state index contributed by atoms with van der Waals surface area (Å²) in [6, 6.07) is 11.2. The predicted octanol–water partition coefficient (Wildman–Crippen LogP) is 4.38. The zero-order valence-electron chi connectivity index (χ0n) is 19.0. The molecule has 3 heterocycles. The third kappa shape index (κ3) is 4.83. The first-order chi connectivity index (χ1) is 16.0. The van der Waals surface area contributed by atoms with E-state index in [0.29, 0.717) is 29.2 Å². The van der Waals surface area contributed by atoms with Gasteiger partial charge in [-0.3, -0.25) is 19.6 Å². The van der Waals surface area contributed by atoms with Crippen LogP contribution >= 0.6 is 11.3 Å². The number of nitrogens with zero attached hydrogens (tertiary/aromatic N) is 4. The molecule has 4 aromatic rings. The summed E-state index contributed by atoms with van der Waals surface area (Å²) < 4.78 is 6.85. The summed E-state index contributed by atoms with van der Waals surface area (Å²) in [5, 5.41) is 4.88. The van der Waals surface area contributed by atoms with E-state index in [-0.39, 0.29) is 29.7 Å². The van der Waals surface area contributed by atoms with Gasteiger partial charge in [-0.2, -0.15) is 9.50 Å². The number of unbranched alkanes of at least 4 members (excludes halogenated alkanes) is 1. The molecule has 0 aliphatic rings. The molecular formula is C24H27N5O3S. The zero-order valence-corrected chi connectivity index (χ0v) is 19.8. The van der Waals surface area contributed by atoms with Gasteiger partial charge in [-0.25, -0.2) is 4.98 Å². The molecule has 0 unspecified atom stereocenters. The maximum absolute atomic E-state index is 13.4. The Kier molecular flexibility index (Phi) is 6.88. The number of hydrogen-bond acceptors (Lipinski definition) is 6. The molecule has 3 aromatic heterocycles. The summed E-state index contributed by atoms with van der Waals surface area (Å²) in [7, 11) is 0. The highest BCUT2D eigenvalue weighted by Crippen LogP contribution is 2.21. The van der Waals surface area contributed by atoms with Crippen LogP contribution in [0.4, 0.5) is 5.95 Å². The first-order valence-corrected chi connectivity index (χ1v) is 11.9. The minimum atomic E-state index is -0.200. The van der Waals surface area contributed by atoms with Crippen LogP contribution in [0.15, 0.2) is 46.6 Å². The molecular weight excluding hydrogens is 438 g/mol. The van der Waals surface area contributed by atoms with Crippen LogP contribution in [0.25, 0.3) is 5.78 Å². The summed E-state index contributed by atoms with van der Waals surface area (Å²) in [5.74, 6) is 1.10. The summed E-state index contributed by atoms with van der Waals surface area (Å²) in [6.07, 6.45) is 2.56. The van der Waals surface area contributed by atoms with Crippen molar-refractivity contribution in [3.8, 4) is 5.75 Å². The number of thiophene rings is 1. The van der Waals surface area contributed by atoms with E-state index in [4.69, 9.17) is 4.74 Å². The number of nitrogens with one attached hydrogen (secondary N) is 1. The van der Waals surface area contributed by atoms with Crippen molar-refractivity contribution in [2.45, 2.75) is 46.6 Å². The molecule has 9 heteroatoms. The molecule has 0 bridgehead atoms. The van der Waals surface area contributed by atoms with Crippen LogP contribution in [0, 0.1) is 6.92 Å². The zero-order chi connectivity index (χ0) is 23.4. The number of H-pyrrole nitrogens is 1. The Morgan fingerprint density at radius 3 is 2.64 bits per heavy atom. The SMILES string of the molecule is CCCCc1c(C)nc2nc(N(Cc3ccc(OCC)cc3)C(=O)c3cccs3)[nH]n2c1=O. The number of fused-ring (bicyclic) bond motifs is 1. The van der Waals surface area contributed by atoms with Gasteiger partial charge in [0.05, 0.1) is 23.7 Å². The first kappa shape index (κ1) is 22.7. The number of benzene rings is 1. The van der Waals surface area contributed by atoms with Crippen LogP contribution in [-0.2, 0) is 13.0 Å². The fourth-order valence-electron chi connectivity index (χ4n) is 3.62. The third-order valence-electron chi connectivity index (χ3n) is 5.37. The lowest BCUT2D eigenvalue weighted by atomic mass is 10.1. The maximum atomic E-state index is 13.4. The van der Waals surface area contributed by atoms with Crippen molar-refractivity contribution in [2.75, 3.05) is 11.5 Å². The Morgan fingerprint density at radius 1 is 1.18 bits per heavy atom. The molecule has 0 aliphatic heterocycles. The van der Waals surface area contributed by atoms with Crippen molar-refractivity contribution in [3.63, 3.8) is 0 Å². The van der Waals surface area contributed by atoms with Gasteiger partial charge in [0.1, 0.15) is 5.75 Å². The quantitative estimate of drug-likeness (QED) is 0.396. The lowest BCUT2D eigenvalue weighted by Crippen LogP contribution is -2.31. The maximum Gasteiger partial charge on any atom is 0.277 e. The number of rotatable bonds is 9. The Bertz CT molecular complexity index is 1290. The summed E-state index contributed by atoms with van der Waals surface area (Å²) >= 11 is 1.36. The average Bonchev–Trinajstić information content (AvgIpc) is 3.49. The molecule has 0 atom stereocenters. The Morgan fingerprint density at radius 2 is 1.97 bits per heavy atom. The first-order valence-electron chi connectivity index (χ1n) is 11.1. The second kappa shape index (κ2) is 9.99. The Hall–Kier alpha value is -3.46. The van der Waals surface area contributed by atoms with Gasteiger partial charge >= 0.3 is 0 Å². The molecule has 172 valence electrons. The van der Waals surface area contributed by atoms with Crippen LogP contribution in [-0.4, -0.2) is 32.1 Å². The van der Waals surface area contributed by atoms with Crippen molar-refractivity contribution in [1.29, 1.82) is 0 Å². The van der Waals surface area contributed by atoms with E-state index in [0.717, 1.165) is 24.2 Å². The average molecular weight is 466 g/mol. The van der Waals surface area contributed by atoms with Crippen molar-refractivity contribution >= 4 is 29.0 Å². The largest absolute Gasteiger partial charge is 0.494 e. The van der Waals surface area contributed by atoms with Crippen molar-refractivity contribution < 1.29 is 9.53 Å². The molecule has 0 saturated carbocycles. The third-order valence-corrected chi connectivity index (χ3v) is 6.23. The number of aryl methyl sites for hydroxylation is 1. The summed E-state index contributed by atoms with van der Waals surface area (Å²) in [5.41, 5.74) is 2.08. The normalized spacial score (nSPS) is 11.1. The highest BCUT2D eigenvalue weighted by molar-refractivity contribution is 7.12. The van der Waals surface area contributed by atoms with E-state index in [1.54, 1.807) is 6.07 Å². The van der Waals surface area contributed by atoms with E-state index in [1.165, 1.54) is 20.8 Å². The highest BCUT2D eigenvalue weighted by atomic mass is 32.1. The van der Waals surface area contributed by atoms with Crippen molar-refractivity contribution in [1.82, 2.24) is 19.6 Å². The number of aromatic nitrogens is 4. The molecule has 4 rings (SSSR count). The molecule has 0 aliphatic carbocycles. The number of anilines is 1. The number of carbonyl (C=O) groups is 1. The standard InChI is InChI=1S/C24H27N5O3S/c1-4-6-8-19-16(3)25-23-26-24(27-29(23)21(19)30)28(22(31)20-9-7-14-33-20)15-17-10-12-18(13-11-17)32-5-2/h7,9-14H,4-6,8,15H2,1-3H3,(H,25,26,27).